The molecule has 1 aromatic heterocycles. The van der Waals surface area contributed by atoms with Crippen LogP contribution in [0.1, 0.15) is 39.0 Å². The van der Waals surface area contributed by atoms with Crippen LogP contribution in [0.4, 0.5) is 0 Å². The highest BCUT2D eigenvalue weighted by Crippen LogP contribution is 2.22. The van der Waals surface area contributed by atoms with Gasteiger partial charge in [-0.25, -0.2) is 18.4 Å². The minimum Gasteiger partial charge on any atom is -0.494 e. The van der Waals surface area contributed by atoms with E-state index in [1.807, 2.05) is 24.3 Å². The van der Waals surface area contributed by atoms with Crippen molar-refractivity contribution in [3.8, 4) is 16.9 Å². The Balaban J connectivity index is 1.90. The molecule has 0 amide bonds. The lowest BCUT2D eigenvalue weighted by Crippen LogP contribution is -2.03. The van der Waals surface area contributed by atoms with Gasteiger partial charge in [-0.15, -0.1) is 0 Å². The van der Waals surface area contributed by atoms with E-state index in [1.54, 1.807) is 0 Å². The largest absolute Gasteiger partial charge is 0.494 e. The van der Waals surface area contributed by atoms with Crippen molar-refractivity contribution in [2.45, 2.75) is 44.2 Å². The van der Waals surface area contributed by atoms with Crippen LogP contribution < -0.4 is 4.74 Å². The maximum absolute atomic E-state index is 11.4. The van der Waals surface area contributed by atoms with Crippen molar-refractivity contribution in [3.05, 3.63) is 36.7 Å². The predicted molar refractivity (Wildman–Crippen MR) is 94.8 cm³/mol. The van der Waals surface area contributed by atoms with E-state index in [1.165, 1.54) is 38.1 Å². The van der Waals surface area contributed by atoms with E-state index in [4.69, 9.17) is 4.74 Å². The Bertz CT molecular complexity index is 726. The van der Waals surface area contributed by atoms with Crippen LogP contribution in [-0.4, -0.2) is 31.2 Å². The van der Waals surface area contributed by atoms with Crippen molar-refractivity contribution in [2.75, 3.05) is 12.9 Å². The number of aromatic nitrogens is 2. The number of rotatable bonds is 9. The van der Waals surface area contributed by atoms with Gasteiger partial charge in [0.15, 0.2) is 0 Å². The number of sulfone groups is 1. The molecule has 1 aromatic carbocycles. The van der Waals surface area contributed by atoms with Crippen LogP contribution in [0.25, 0.3) is 11.1 Å². The zero-order valence-electron chi connectivity index (χ0n) is 14.2. The highest BCUT2D eigenvalue weighted by molar-refractivity contribution is 7.90. The van der Waals surface area contributed by atoms with E-state index in [-0.39, 0.29) is 5.16 Å². The first-order valence-electron chi connectivity index (χ1n) is 8.26. The molecule has 0 saturated heterocycles. The van der Waals surface area contributed by atoms with Gasteiger partial charge in [0.1, 0.15) is 5.75 Å². The summed E-state index contributed by atoms with van der Waals surface area (Å²) in [7, 11) is -3.37. The molecule has 0 saturated carbocycles. The second kappa shape index (κ2) is 8.78. The number of ether oxygens (including phenoxy) is 1. The van der Waals surface area contributed by atoms with Crippen LogP contribution in [0.2, 0.25) is 0 Å². The van der Waals surface area contributed by atoms with Crippen LogP contribution in [0.15, 0.2) is 41.8 Å². The summed E-state index contributed by atoms with van der Waals surface area (Å²) in [5, 5.41) is -0.158. The monoisotopic (exact) mass is 348 g/mol. The van der Waals surface area contributed by atoms with Gasteiger partial charge >= 0.3 is 0 Å². The fourth-order valence-electron chi connectivity index (χ4n) is 2.30. The number of hydrogen-bond acceptors (Lipinski definition) is 5. The van der Waals surface area contributed by atoms with Gasteiger partial charge in [-0.3, -0.25) is 0 Å². The summed E-state index contributed by atoms with van der Waals surface area (Å²) < 4.78 is 28.5. The van der Waals surface area contributed by atoms with Crippen LogP contribution in [-0.2, 0) is 9.84 Å². The Morgan fingerprint density at radius 2 is 1.54 bits per heavy atom. The Hall–Kier alpha value is -1.95. The van der Waals surface area contributed by atoms with Gasteiger partial charge in [0.2, 0.25) is 15.0 Å². The average molecular weight is 348 g/mol. The Morgan fingerprint density at radius 3 is 2.12 bits per heavy atom. The zero-order valence-corrected chi connectivity index (χ0v) is 15.1. The normalized spacial score (nSPS) is 11.4. The van der Waals surface area contributed by atoms with Crippen LogP contribution >= 0.6 is 0 Å². The lowest BCUT2D eigenvalue weighted by Gasteiger charge is -2.07. The topological polar surface area (TPSA) is 69.2 Å². The molecule has 0 N–H and O–H groups in total. The number of unbranched alkanes of at least 4 members (excludes halogenated alkanes) is 4. The maximum atomic E-state index is 11.4. The average Bonchev–Trinajstić information content (AvgIpc) is 2.58. The predicted octanol–water partition coefficient (Wildman–Crippen LogP) is 3.90. The van der Waals surface area contributed by atoms with Gasteiger partial charge in [0, 0.05) is 24.2 Å². The van der Waals surface area contributed by atoms with Crippen molar-refractivity contribution in [1.82, 2.24) is 9.97 Å². The first-order valence-corrected chi connectivity index (χ1v) is 10.1. The highest BCUT2D eigenvalue weighted by Gasteiger charge is 2.10. The molecule has 0 aliphatic heterocycles. The van der Waals surface area contributed by atoms with Crippen LogP contribution in [0.5, 0.6) is 5.75 Å². The third-order valence-electron chi connectivity index (χ3n) is 3.66. The molecule has 0 unspecified atom stereocenters. The molecule has 2 aromatic rings. The summed E-state index contributed by atoms with van der Waals surface area (Å²) in [6, 6.07) is 7.66. The molecule has 130 valence electrons. The van der Waals surface area contributed by atoms with E-state index < -0.39 is 9.84 Å². The lowest BCUT2D eigenvalue weighted by atomic mass is 10.1. The molecule has 5 nitrogen and oxygen atoms in total. The highest BCUT2D eigenvalue weighted by atomic mass is 32.2. The molecule has 0 radical (unpaired) electrons. The summed E-state index contributed by atoms with van der Waals surface area (Å²) in [5.74, 6) is 0.836. The molecular formula is C18H24N2O3S. The third-order valence-corrected chi connectivity index (χ3v) is 4.54. The van der Waals surface area contributed by atoms with Crippen LogP contribution in [0.3, 0.4) is 0 Å². The van der Waals surface area contributed by atoms with Crippen molar-refractivity contribution < 1.29 is 13.2 Å². The van der Waals surface area contributed by atoms with Crippen molar-refractivity contribution >= 4 is 9.84 Å². The molecule has 2 rings (SSSR count). The molecule has 0 fully saturated rings. The molecule has 0 aliphatic carbocycles. The Kier molecular flexibility index (Phi) is 6.73. The van der Waals surface area contributed by atoms with E-state index in [9.17, 15) is 8.42 Å². The van der Waals surface area contributed by atoms with Crippen molar-refractivity contribution in [3.63, 3.8) is 0 Å². The molecule has 0 spiro atoms. The summed E-state index contributed by atoms with van der Waals surface area (Å²) >= 11 is 0. The fraction of sp³-hybridized carbons (Fsp3) is 0.444. The molecule has 1 heterocycles. The molecular weight excluding hydrogens is 324 g/mol. The summed E-state index contributed by atoms with van der Waals surface area (Å²) in [6.07, 6.45) is 10.2. The minimum atomic E-state index is -3.37. The zero-order chi connectivity index (χ0) is 17.4. The van der Waals surface area contributed by atoms with Gasteiger partial charge in [-0.2, -0.15) is 0 Å². The van der Waals surface area contributed by atoms with Gasteiger partial charge in [0.25, 0.3) is 0 Å². The smallest absolute Gasteiger partial charge is 0.246 e. The van der Waals surface area contributed by atoms with Gasteiger partial charge in [0.05, 0.1) is 6.61 Å². The minimum absolute atomic E-state index is 0.158. The van der Waals surface area contributed by atoms with Crippen LogP contribution in [0, 0.1) is 0 Å². The first-order chi connectivity index (χ1) is 11.5. The second-order valence-electron chi connectivity index (χ2n) is 5.81. The second-order valence-corrected chi connectivity index (χ2v) is 7.72. The summed E-state index contributed by atoms with van der Waals surface area (Å²) in [4.78, 5) is 7.81. The van der Waals surface area contributed by atoms with E-state index in [0.717, 1.165) is 36.2 Å². The number of nitrogens with zero attached hydrogens (tertiary/aromatic N) is 2. The Labute approximate surface area is 144 Å². The molecule has 0 aliphatic rings. The van der Waals surface area contributed by atoms with Crippen molar-refractivity contribution in [1.29, 1.82) is 0 Å². The summed E-state index contributed by atoms with van der Waals surface area (Å²) in [5.41, 5.74) is 1.69. The standard InChI is InChI=1S/C18H24N2O3S/c1-3-4-5-6-7-12-23-17-10-8-15(9-11-17)16-13-19-18(20-14-16)24(2,21)22/h8-11,13-14H,3-7,12H2,1-2H3. The summed E-state index contributed by atoms with van der Waals surface area (Å²) in [6.45, 7) is 2.94. The number of hydrogen-bond donors (Lipinski definition) is 0. The molecule has 0 bridgehead atoms. The molecule has 24 heavy (non-hydrogen) atoms. The number of benzene rings is 1. The fourth-order valence-corrected chi connectivity index (χ4v) is 2.78. The van der Waals surface area contributed by atoms with E-state index in [2.05, 4.69) is 16.9 Å². The Morgan fingerprint density at radius 1 is 0.917 bits per heavy atom. The third kappa shape index (κ3) is 5.60. The quantitative estimate of drug-likeness (QED) is 0.508. The lowest BCUT2D eigenvalue weighted by molar-refractivity contribution is 0.304. The van der Waals surface area contributed by atoms with Crippen molar-refractivity contribution in [2.24, 2.45) is 0 Å². The first kappa shape index (κ1) is 18.4. The molecule has 0 atom stereocenters. The van der Waals surface area contributed by atoms with E-state index in [0.29, 0.717) is 0 Å². The molecule has 6 heteroatoms. The van der Waals surface area contributed by atoms with Gasteiger partial charge < -0.3 is 4.74 Å². The van der Waals surface area contributed by atoms with E-state index >= 15 is 0 Å². The van der Waals surface area contributed by atoms with Gasteiger partial charge in [-0.05, 0) is 24.1 Å². The van der Waals surface area contributed by atoms with Gasteiger partial charge in [-0.1, -0.05) is 44.7 Å². The maximum Gasteiger partial charge on any atom is 0.246 e. The SMILES string of the molecule is CCCCCCCOc1ccc(-c2cnc(S(C)(=O)=O)nc2)cc1.